The fraction of sp³-hybridized carbons (Fsp3) is 0.556. The molecule has 1 aromatic carbocycles. The van der Waals surface area contributed by atoms with Crippen LogP contribution in [-0.4, -0.2) is 9.55 Å². The molecule has 0 fully saturated rings. The van der Waals surface area contributed by atoms with Gasteiger partial charge in [0.2, 0.25) is 0 Å². The molecule has 0 radical (unpaired) electrons. The highest BCUT2D eigenvalue weighted by molar-refractivity contribution is 5.77. The summed E-state index contributed by atoms with van der Waals surface area (Å²) in [6.45, 7) is 13.2. The van der Waals surface area contributed by atoms with Crippen molar-refractivity contribution in [3.05, 3.63) is 40.4 Å². The molecular weight excluding hydrogens is 260 g/mol. The summed E-state index contributed by atoms with van der Waals surface area (Å²) in [5.41, 5.74) is 0.865. The van der Waals surface area contributed by atoms with E-state index in [-0.39, 0.29) is 5.56 Å². The van der Waals surface area contributed by atoms with Gasteiger partial charge in [-0.1, -0.05) is 59.6 Å². The fourth-order valence-corrected chi connectivity index (χ4v) is 1.81. The summed E-state index contributed by atoms with van der Waals surface area (Å²) in [7, 11) is 0. The monoisotopic (exact) mass is 290 g/mol. The number of aromatic nitrogens is 2. The molecule has 118 valence electrons. The maximum Gasteiger partial charge on any atom is 0.261 e. The van der Waals surface area contributed by atoms with Crippen LogP contribution in [0.2, 0.25) is 0 Å². The first-order valence-corrected chi connectivity index (χ1v) is 8.09. The molecule has 0 saturated heterocycles. The Balaban J connectivity index is 0.000000578. The van der Waals surface area contributed by atoms with Crippen LogP contribution in [0, 0.1) is 0 Å². The number of rotatable bonds is 2. The lowest BCUT2D eigenvalue weighted by molar-refractivity contribution is 0.663. The van der Waals surface area contributed by atoms with E-state index in [1.54, 1.807) is 4.57 Å². The van der Waals surface area contributed by atoms with E-state index in [4.69, 9.17) is 0 Å². The molecule has 0 atom stereocenters. The van der Waals surface area contributed by atoms with Crippen LogP contribution in [0.4, 0.5) is 0 Å². The standard InChI is InChI=1S/C12H14N2O.2C3H8/c1-3-11-13-10-8-6-5-7-9(10)12(15)14(11)4-2;2*1-3-2/h5-8H,3-4H2,1-2H3;2*3H2,1-2H3. The minimum absolute atomic E-state index is 0.0694. The zero-order chi connectivity index (χ0) is 16.3. The average Bonchev–Trinajstić information content (AvgIpc) is 2.49. The molecule has 21 heavy (non-hydrogen) atoms. The number of aryl methyl sites for hydroxylation is 1. The van der Waals surface area contributed by atoms with Gasteiger partial charge in [0.05, 0.1) is 10.9 Å². The van der Waals surface area contributed by atoms with E-state index in [9.17, 15) is 4.79 Å². The molecule has 0 bridgehead atoms. The van der Waals surface area contributed by atoms with Crippen molar-refractivity contribution in [2.45, 2.75) is 67.3 Å². The number of nitrogens with zero attached hydrogens (tertiary/aromatic N) is 2. The van der Waals surface area contributed by atoms with Crippen molar-refractivity contribution in [1.29, 1.82) is 0 Å². The van der Waals surface area contributed by atoms with E-state index in [1.165, 1.54) is 12.8 Å². The third-order valence-electron chi connectivity index (χ3n) is 2.57. The van der Waals surface area contributed by atoms with Gasteiger partial charge < -0.3 is 0 Å². The van der Waals surface area contributed by atoms with Gasteiger partial charge in [0.25, 0.3) is 5.56 Å². The Bertz CT molecular complexity index is 571. The van der Waals surface area contributed by atoms with Gasteiger partial charge >= 0.3 is 0 Å². The molecule has 0 unspecified atom stereocenters. The molecule has 0 aliphatic heterocycles. The highest BCUT2D eigenvalue weighted by atomic mass is 16.1. The number of benzene rings is 1. The highest BCUT2D eigenvalue weighted by Gasteiger charge is 2.06. The topological polar surface area (TPSA) is 34.9 Å². The van der Waals surface area contributed by atoms with Gasteiger partial charge in [-0.15, -0.1) is 0 Å². The molecule has 0 spiro atoms. The summed E-state index contributed by atoms with van der Waals surface area (Å²) in [6.07, 6.45) is 3.29. The molecule has 2 rings (SSSR count). The number of hydrogen-bond donors (Lipinski definition) is 0. The van der Waals surface area contributed by atoms with E-state index in [2.05, 4.69) is 32.7 Å². The Morgan fingerprint density at radius 2 is 1.48 bits per heavy atom. The maximum absolute atomic E-state index is 12.1. The lowest BCUT2D eigenvalue weighted by atomic mass is 10.2. The molecule has 3 nitrogen and oxygen atoms in total. The highest BCUT2D eigenvalue weighted by Crippen LogP contribution is 2.07. The minimum Gasteiger partial charge on any atom is -0.296 e. The van der Waals surface area contributed by atoms with Crippen LogP contribution < -0.4 is 5.56 Å². The maximum atomic E-state index is 12.1. The smallest absolute Gasteiger partial charge is 0.261 e. The summed E-state index contributed by atoms with van der Waals surface area (Å²) in [5, 5.41) is 0.705. The second-order valence-corrected chi connectivity index (χ2v) is 4.86. The normalized spacial score (nSPS) is 9.43. The Labute approximate surface area is 129 Å². The Kier molecular flexibility index (Phi) is 10.2. The summed E-state index contributed by atoms with van der Waals surface area (Å²) in [6, 6.07) is 7.49. The van der Waals surface area contributed by atoms with Gasteiger partial charge in [0, 0.05) is 13.0 Å². The van der Waals surface area contributed by atoms with Crippen molar-refractivity contribution in [3.8, 4) is 0 Å². The predicted molar refractivity (Wildman–Crippen MR) is 93.0 cm³/mol. The summed E-state index contributed by atoms with van der Waals surface area (Å²) in [4.78, 5) is 16.6. The molecule has 2 aromatic rings. The van der Waals surface area contributed by atoms with Gasteiger partial charge in [-0.3, -0.25) is 9.36 Å². The van der Waals surface area contributed by atoms with Crippen molar-refractivity contribution in [1.82, 2.24) is 9.55 Å². The van der Waals surface area contributed by atoms with Crippen molar-refractivity contribution in [2.24, 2.45) is 0 Å². The summed E-state index contributed by atoms with van der Waals surface area (Å²) in [5.74, 6) is 0.862. The zero-order valence-corrected chi connectivity index (χ0v) is 14.4. The van der Waals surface area contributed by atoms with Crippen LogP contribution in [0.3, 0.4) is 0 Å². The number of hydrogen-bond acceptors (Lipinski definition) is 2. The molecule has 1 aromatic heterocycles. The second kappa shape index (κ2) is 11.1. The van der Waals surface area contributed by atoms with E-state index < -0.39 is 0 Å². The predicted octanol–water partition coefficient (Wildman–Crippen LogP) is 4.81. The second-order valence-electron chi connectivity index (χ2n) is 4.86. The van der Waals surface area contributed by atoms with E-state index in [1.807, 2.05) is 38.1 Å². The summed E-state index contributed by atoms with van der Waals surface area (Å²) >= 11 is 0. The van der Waals surface area contributed by atoms with Gasteiger partial charge in [0.15, 0.2) is 0 Å². The first-order chi connectivity index (χ1) is 10.1. The Hall–Kier alpha value is -1.64. The van der Waals surface area contributed by atoms with Gasteiger partial charge in [0.1, 0.15) is 5.82 Å². The van der Waals surface area contributed by atoms with Crippen LogP contribution in [0.15, 0.2) is 29.1 Å². The van der Waals surface area contributed by atoms with Crippen LogP contribution in [0.5, 0.6) is 0 Å². The first kappa shape index (κ1) is 19.4. The SMILES string of the molecule is CCC.CCC.CCc1nc2ccccc2c(=O)n1CC. The molecule has 0 saturated carbocycles. The van der Waals surface area contributed by atoms with E-state index >= 15 is 0 Å². The summed E-state index contributed by atoms with van der Waals surface area (Å²) < 4.78 is 1.74. The van der Waals surface area contributed by atoms with Crippen molar-refractivity contribution < 1.29 is 0 Å². The van der Waals surface area contributed by atoms with Gasteiger partial charge in [-0.05, 0) is 19.1 Å². The molecule has 0 amide bonds. The Morgan fingerprint density at radius 3 is 1.95 bits per heavy atom. The van der Waals surface area contributed by atoms with Crippen LogP contribution in [0.25, 0.3) is 10.9 Å². The van der Waals surface area contributed by atoms with Crippen molar-refractivity contribution in [3.63, 3.8) is 0 Å². The molecule has 1 heterocycles. The van der Waals surface area contributed by atoms with Crippen molar-refractivity contribution >= 4 is 10.9 Å². The van der Waals surface area contributed by atoms with E-state index in [0.29, 0.717) is 11.9 Å². The lowest BCUT2D eigenvalue weighted by Crippen LogP contribution is -2.24. The number of para-hydroxylation sites is 1. The van der Waals surface area contributed by atoms with Crippen LogP contribution in [0.1, 0.15) is 60.2 Å². The molecule has 0 N–H and O–H groups in total. The van der Waals surface area contributed by atoms with Gasteiger partial charge in [-0.2, -0.15) is 0 Å². The number of fused-ring (bicyclic) bond motifs is 1. The third-order valence-corrected chi connectivity index (χ3v) is 2.57. The zero-order valence-electron chi connectivity index (χ0n) is 14.4. The van der Waals surface area contributed by atoms with E-state index in [0.717, 1.165) is 17.8 Å². The first-order valence-electron chi connectivity index (χ1n) is 8.09. The average molecular weight is 290 g/mol. The largest absolute Gasteiger partial charge is 0.296 e. The third kappa shape index (κ3) is 5.70. The van der Waals surface area contributed by atoms with Gasteiger partial charge in [-0.25, -0.2) is 4.98 Å². The molecule has 0 aliphatic carbocycles. The quantitative estimate of drug-likeness (QED) is 0.795. The molecule has 3 heteroatoms. The lowest BCUT2D eigenvalue weighted by Gasteiger charge is -2.09. The fourth-order valence-electron chi connectivity index (χ4n) is 1.81. The minimum atomic E-state index is 0.0694. The van der Waals surface area contributed by atoms with Crippen LogP contribution in [-0.2, 0) is 13.0 Å². The Morgan fingerprint density at radius 1 is 0.952 bits per heavy atom. The van der Waals surface area contributed by atoms with Crippen molar-refractivity contribution in [2.75, 3.05) is 0 Å². The van der Waals surface area contributed by atoms with Crippen LogP contribution >= 0.6 is 0 Å². The molecular formula is C18H30N2O. The molecule has 0 aliphatic rings.